The summed E-state index contributed by atoms with van der Waals surface area (Å²) in [5, 5.41) is 3.27. The Morgan fingerprint density at radius 3 is 3.00 bits per heavy atom. The SMILES string of the molecule is COC(=O)CCCNCCc1ccccn1. The minimum Gasteiger partial charge on any atom is -0.469 e. The number of pyridine rings is 1. The van der Waals surface area contributed by atoms with Gasteiger partial charge >= 0.3 is 5.97 Å². The van der Waals surface area contributed by atoms with Crippen LogP contribution in [0.2, 0.25) is 0 Å². The van der Waals surface area contributed by atoms with E-state index in [1.54, 1.807) is 6.20 Å². The molecule has 0 aliphatic rings. The van der Waals surface area contributed by atoms with Crippen LogP contribution in [0.15, 0.2) is 24.4 Å². The van der Waals surface area contributed by atoms with E-state index < -0.39 is 0 Å². The van der Waals surface area contributed by atoms with Crippen molar-refractivity contribution in [2.45, 2.75) is 19.3 Å². The van der Waals surface area contributed by atoms with Gasteiger partial charge in [-0.25, -0.2) is 0 Å². The molecule has 0 radical (unpaired) electrons. The van der Waals surface area contributed by atoms with Gasteiger partial charge in [0.2, 0.25) is 0 Å². The number of rotatable bonds is 7. The second-order valence-corrected chi connectivity index (χ2v) is 3.50. The molecule has 1 aromatic rings. The summed E-state index contributed by atoms with van der Waals surface area (Å²) in [7, 11) is 1.41. The van der Waals surface area contributed by atoms with Crippen LogP contribution in [0, 0.1) is 0 Å². The van der Waals surface area contributed by atoms with Gasteiger partial charge in [0.25, 0.3) is 0 Å². The van der Waals surface area contributed by atoms with Crippen LogP contribution in [0.3, 0.4) is 0 Å². The van der Waals surface area contributed by atoms with E-state index in [1.165, 1.54) is 7.11 Å². The molecule has 0 aromatic carbocycles. The number of nitrogens with zero attached hydrogens (tertiary/aromatic N) is 1. The molecular weight excluding hydrogens is 204 g/mol. The van der Waals surface area contributed by atoms with Crippen molar-refractivity contribution in [3.63, 3.8) is 0 Å². The van der Waals surface area contributed by atoms with Gasteiger partial charge in [-0.15, -0.1) is 0 Å². The normalized spacial score (nSPS) is 10.1. The van der Waals surface area contributed by atoms with Crippen LogP contribution < -0.4 is 5.32 Å². The number of carbonyl (C=O) groups excluding carboxylic acids is 1. The molecule has 0 saturated heterocycles. The van der Waals surface area contributed by atoms with Crippen LogP contribution >= 0.6 is 0 Å². The largest absolute Gasteiger partial charge is 0.469 e. The lowest BCUT2D eigenvalue weighted by Gasteiger charge is -2.03. The van der Waals surface area contributed by atoms with E-state index in [0.29, 0.717) is 6.42 Å². The Kier molecular flexibility index (Phi) is 6.18. The number of ether oxygens (including phenoxy) is 1. The zero-order valence-electron chi connectivity index (χ0n) is 9.61. The highest BCUT2D eigenvalue weighted by Crippen LogP contribution is 1.94. The average Bonchev–Trinajstić information content (AvgIpc) is 2.34. The molecule has 1 N–H and O–H groups in total. The van der Waals surface area contributed by atoms with E-state index in [0.717, 1.165) is 31.6 Å². The molecule has 4 heteroatoms. The maximum absolute atomic E-state index is 10.8. The van der Waals surface area contributed by atoms with Crippen LogP contribution in [-0.4, -0.2) is 31.2 Å². The highest BCUT2D eigenvalue weighted by atomic mass is 16.5. The fourth-order valence-corrected chi connectivity index (χ4v) is 1.35. The standard InChI is InChI=1S/C12H18N2O2/c1-16-12(15)6-4-8-13-10-7-11-5-2-3-9-14-11/h2-3,5,9,13H,4,6-8,10H2,1H3. The Morgan fingerprint density at radius 2 is 2.31 bits per heavy atom. The van der Waals surface area contributed by atoms with Crippen molar-refractivity contribution < 1.29 is 9.53 Å². The Morgan fingerprint density at radius 1 is 1.44 bits per heavy atom. The van der Waals surface area contributed by atoms with Gasteiger partial charge in [0.15, 0.2) is 0 Å². The van der Waals surface area contributed by atoms with Crippen molar-refractivity contribution in [2.75, 3.05) is 20.2 Å². The van der Waals surface area contributed by atoms with Crippen LogP contribution in [-0.2, 0) is 16.0 Å². The molecule has 0 unspecified atom stereocenters. The van der Waals surface area contributed by atoms with E-state index in [2.05, 4.69) is 15.0 Å². The Balaban J connectivity index is 1.98. The zero-order chi connectivity index (χ0) is 11.6. The van der Waals surface area contributed by atoms with Crippen molar-refractivity contribution >= 4 is 5.97 Å². The van der Waals surface area contributed by atoms with Crippen LogP contribution in [0.5, 0.6) is 0 Å². The van der Waals surface area contributed by atoms with Crippen LogP contribution in [0.1, 0.15) is 18.5 Å². The first-order chi connectivity index (χ1) is 7.83. The number of carbonyl (C=O) groups is 1. The molecule has 0 amide bonds. The number of aromatic nitrogens is 1. The predicted octanol–water partition coefficient (Wildman–Crippen LogP) is 1.17. The third kappa shape index (κ3) is 5.46. The van der Waals surface area contributed by atoms with Crippen LogP contribution in [0.25, 0.3) is 0 Å². The highest BCUT2D eigenvalue weighted by molar-refractivity contribution is 5.69. The van der Waals surface area contributed by atoms with Crippen molar-refractivity contribution in [1.29, 1.82) is 0 Å². The molecular formula is C12H18N2O2. The first-order valence-corrected chi connectivity index (χ1v) is 5.50. The molecule has 1 heterocycles. The van der Waals surface area contributed by atoms with Gasteiger partial charge in [-0.3, -0.25) is 9.78 Å². The minimum absolute atomic E-state index is 0.147. The maximum atomic E-state index is 10.8. The molecule has 0 spiro atoms. The fourth-order valence-electron chi connectivity index (χ4n) is 1.35. The third-order valence-corrected chi connectivity index (χ3v) is 2.25. The van der Waals surface area contributed by atoms with E-state index in [-0.39, 0.29) is 5.97 Å². The molecule has 0 aliphatic heterocycles. The van der Waals surface area contributed by atoms with E-state index >= 15 is 0 Å². The average molecular weight is 222 g/mol. The quantitative estimate of drug-likeness (QED) is 0.555. The van der Waals surface area contributed by atoms with E-state index in [4.69, 9.17) is 0 Å². The number of nitrogens with one attached hydrogen (secondary N) is 1. The molecule has 0 saturated carbocycles. The second-order valence-electron chi connectivity index (χ2n) is 3.50. The molecule has 0 atom stereocenters. The molecule has 1 aromatic heterocycles. The first kappa shape index (κ1) is 12.6. The Hall–Kier alpha value is -1.42. The molecule has 0 fully saturated rings. The van der Waals surface area contributed by atoms with Gasteiger partial charge < -0.3 is 10.1 Å². The summed E-state index contributed by atoms with van der Waals surface area (Å²) in [6, 6.07) is 5.91. The molecule has 88 valence electrons. The molecule has 1 rings (SSSR count). The summed E-state index contributed by atoms with van der Waals surface area (Å²) in [5.41, 5.74) is 1.09. The minimum atomic E-state index is -0.147. The monoisotopic (exact) mass is 222 g/mol. The second kappa shape index (κ2) is 7.82. The zero-order valence-corrected chi connectivity index (χ0v) is 9.61. The molecule has 0 bridgehead atoms. The lowest BCUT2D eigenvalue weighted by Crippen LogP contribution is -2.19. The van der Waals surface area contributed by atoms with Gasteiger partial charge in [0.1, 0.15) is 0 Å². The predicted molar refractivity (Wildman–Crippen MR) is 62.1 cm³/mol. The summed E-state index contributed by atoms with van der Waals surface area (Å²) in [5.74, 6) is -0.147. The van der Waals surface area contributed by atoms with Gasteiger partial charge in [-0.1, -0.05) is 6.07 Å². The lowest BCUT2D eigenvalue weighted by atomic mass is 10.2. The van der Waals surface area contributed by atoms with Gasteiger partial charge in [0.05, 0.1) is 7.11 Å². The maximum Gasteiger partial charge on any atom is 0.305 e. The molecule has 16 heavy (non-hydrogen) atoms. The fraction of sp³-hybridized carbons (Fsp3) is 0.500. The summed E-state index contributed by atoms with van der Waals surface area (Å²) < 4.78 is 4.55. The molecule has 4 nitrogen and oxygen atoms in total. The summed E-state index contributed by atoms with van der Waals surface area (Å²) in [6.45, 7) is 1.72. The number of methoxy groups -OCH3 is 1. The van der Waals surface area contributed by atoms with Crippen molar-refractivity contribution in [2.24, 2.45) is 0 Å². The smallest absolute Gasteiger partial charge is 0.305 e. The Labute approximate surface area is 96.0 Å². The number of esters is 1. The number of hydrogen-bond acceptors (Lipinski definition) is 4. The van der Waals surface area contributed by atoms with Crippen molar-refractivity contribution in [3.05, 3.63) is 30.1 Å². The van der Waals surface area contributed by atoms with E-state index in [1.807, 2.05) is 18.2 Å². The molecule has 0 aliphatic carbocycles. The topological polar surface area (TPSA) is 51.2 Å². The lowest BCUT2D eigenvalue weighted by molar-refractivity contribution is -0.140. The van der Waals surface area contributed by atoms with E-state index in [9.17, 15) is 4.79 Å². The summed E-state index contributed by atoms with van der Waals surface area (Å²) in [4.78, 5) is 15.0. The summed E-state index contributed by atoms with van der Waals surface area (Å²) >= 11 is 0. The summed E-state index contributed by atoms with van der Waals surface area (Å²) in [6.07, 6.45) is 4.01. The van der Waals surface area contributed by atoms with Crippen molar-refractivity contribution in [1.82, 2.24) is 10.3 Å². The Bertz CT molecular complexity index is 301. The number of hydrogen-bond donors (Lipinski definition) is 1. The third-order valence-electron chi connectivity index (χ3n) is 2.25. The highest BCUT2D eigenvalue weighted by Gasteiger charge is 1.98. The van der Waals surface area contributed by atoms with Gasteiger partial charge in [0, 0.05) is 31.3 Å². The van der Waals surface area contributed by atoms with Crippen LogP contribution in [0.4, 0.5) is 0 Å². The van der Waals surface area contributed by atoms with Crippen molar-refractivity contribution in [3.8, 4) is 0 Å². The van der Waals surface area contributed by atoms with Gasteiger partial charge in [-0.05, 0) is 25.1 Å². The first-order valence-electron chi connectivity index (χ1n) is 5.50. The van der Waals surface area contributed by atoms with Gasteiger partial charge in [-0.2, -0.15) is 0 Å².